The molecule has 1 aliphatic carbocycles. The number of rotatable bonds is 2. The summed E-state index contributed by atoms with van der Waals surface area (Å²) < 4.78 is 5.69. The highest BCUT2D eigenvalue weighted by Gasteiger charge is 2.13. The number of pyridine rings is 1. The highest BCUT2D eigenvalue weighted by Crippen LogP contribution is 2.30. The molecule has 1 aliphatic rings. The van der Waals surface area contributed by atoms with Crippen molar-refractivity contribution in [3.63, 3.8) is 0 Å². The maximum absolute atomic E-state index is 5.92. The van der Waals surface area contributed by atoms with Gasteiger partial charge in [0.15, 0.2) is 5.75 Å². The number of benzene rings is 1. The normalized spacial score (nSPS) is 13.4. The van der Waals surface area contributed by atoms with Crippen LogP contribution in [-0.4, -0.2) is 4.98 Å². The van der Waals surface area contributed by atoms with Crippen molar-refractivity contribution in [3.05, 3.63) is 46.6 Å². The molecule has 0 spiro atoms. The van der Waals surface area contributed by atoms with E-state index in [0.29, 0.717) is 22.3 Å². The molecule has 0 radical (unpaired) electrons. The topological polar surface area (TPSA) is 48.1 Å². The van der Waals surface area contributed by atoms with Gasteiger partial charge in [0.1, 0.15) is 0 Å². The fraction of sp³-hybridized carbons (Fsp3) is 0.214. The Morgan fingerprint density at radius 3 is 2.94 bits per heavy atom. The van der Waals surface area contributed by atoms with Crippen molar-refractivity contribution in [2.45, 2.75) is 19.3 Å². The van der Waals surface area contributed by atoms with E-state index < -0.39 is 0 Å². The number of hydrogen-bond acceptors (Lipinski definition) is 3. The summed E-state index contributed by atoms with van der Waals surface area (Å²) in [4.78, 5) is 4.50. The van der Waals surface area contributed by atoms with Crippen LogP contribution in [0.1, 0.15) is 17.7 Å². The van der Waals surface area contributed by atoms with E-state index >= 15 is 0 Å². The Morgan fingerprint density at radius 2 is 2.06 bits per heavy atom. The average molecular weight is 261 g/mol. The van der Waals surface area contributed by atoms with Gasteiger partial charge in [-0.25, -0.2) is 4.98 Å². The van der Waals surface area contributed by atoms with E-state index in [1.165, 1.54) is 12.0 Å². The molecular formula is C14H13ClN2O. The van der Waals surface area contributed by atoms with Gasteiger partial charge in [0.05, 0.1) is 5.69 Å². The highest BCUT2D eigenvalue weighted by molar-refractivity contribution is 6.30. The van der Waals surface area contributed by atoms with Crippen LogP contribution in [0.3, 0.4) is 0 Å². The van der Waals surface area contributed by atoms with Gasteiger partial charge in [0.25, 0.3) is 0 Å². The summed E-state index contributed by atoms with van der Waals surface area (Å²) in [5.74, 6) is 1.12. The van der Waals surface area contributed by atoms with Crippen LogP contribution in [0.4, 0.5) is 5.69 Å². The highest BCUT2D eigenvalue weighted by atomic mass is 35.5. The summed E-state index contributed by atoms with van der Waals surface area (Å²) in [7, 11) is 0. The molecule has 0 amide bonds. The SMILES string of the molecule is Nc1ccc(Cl)cc1Oc1ccc2c(n1)CCC2. The monoisotopic (exact) mass is 260 g/mol. The van der Waals surface area contributed by atoms with Crippen LogP contribution in [0.25, 0.3) is 0 Å². The number of halogens is 1. The Hall–Kier alpha value is -1.74. The second-order valence-electron chi connectivity index (χ2n) is 4.39. The Bertz CT molecular complexity index is 598. The zero-order chi connectivity index (χ0) is 12.5. The molecule has 0 saturated heterocycles. The van der Waals surface area contributed by atoms with Crippen LogP contribution in [0, 0.1) is 0 Å². The Kier molecular flexibility index (Phi) is 2.84. The molecule has 0 fully saturated rings. The quantitative estimate of drug-likeness (QED) is 0.840. The van der Waals surface area contributed by atoms with Crippen LogP contribution < -0.4 is 10.5 Å². The van der Waals surface area contributed by atoms with Gasteiger partial charge in [-0.15, -0.1) is 0 Å². The van der Waals surface area contributed by atoms with Crippen molar-refractivity contribution >= 4 is 17.3 Å². The number of nitrogens with two attached hydrogens (primary N) is 1. The van der Waals surface area contributed by atoms with Gasteiger partial charge >= 0.3 is 0 Å². The lowest BCUT2D eigenvalue weighted by Crippen LogP contribution is -1.96. The fourth-order valence-corrected chi connectivity index (χ4v) is 2.33. The Morgan fingerprint density at radius 1 is 1.17 bits per heavy atom. The van der Waals surface area contributed by atoms with Crippen molar-refractivity contribution in [3.8, 4) is 11.6 Å². The molecule has 2 aromatic rings. The summed E-state index contributed by atoms with van der Waals surface area (Å²) >= 11 is 5.92. The van der Waals surface area contributed by atoms with E-state index in [1.54, 1.807) is 18.2 Å². The number of fused-ring (bicyclic) bond motifs is 1. The first-order valence-electron chi connectivity index (χ1n) is 5.94. The number of ether oxygens (including phenoxy) is 1. The Balaban J connectivity index is 1.90. The first kappa shape index (κ1) is 11.4. The van der Waals surface area contributed by atoms with Gasteiger partial charge in [0.2, 0.25) is 5.88 Å². The molecular weight excluding hydrogens is 248 g/mol. The Labute approximate surface area is 111 Å². The summed E-state index contributed by atoms with van der Waals surface area (Å²) in [6.07, 6.45) is 3.31. The molecule has 0 aliphatic heterocycles. The van der Waals surface area contributed by atoms with Crippen molar-refractivity contribution < 1.29 is 4.74 Å². The molecule has 3 nitrogen and oxygen atoms in total. The lowest BCUT2D eigenvalue weighted by atomic mass is 10.2. The van der Waals surface area contributed by atoms with Crippen molar-refractivity contribution in [1.82, 2.24) is 4.98 Å². The fourth-order valence-electron chi connectivity index (χ4n) is 2.17. The molecule has 1 aromatic carbocycles. The molecule has 18 heavy (non-hydrogen) atoms. The minimum Gasteiger partial charge on any atom is -0.437 e. The van der Waals surface area contributed by atoms with Crippen LogP contribution >= 0.6 is 11.6 Å². The van der Waals surface area contributed by atoms with Gasteiger partial charge in [-0.3, -0.25) is 0 Å². The van der Waals surface area contributed by atoms with E-state index in [2.05, 4.69) is 11.1 Å². The third-order valence-electron chi connectivity index (χ3n) is 3.09. The van der Waals surface area contributed by atoms with E-state index in [9.17, 15) is 0 Å². The average Bonchev–Trinajstić information content (AvgIpc) is 2.81. The van der Waals surface area contributed by atoms with Gasteiger partial charge in [0, 0.05) is 22.8 Å². The minimum atomic E-state index is 0.549. The summed E-state index contributed by atoms with van der Waals surface area (Å²) in [6, 6.07) is 9.12. The second-order valence-corrected chi connectivity index (χ2v) is 4.83. The zero-order valence-corrected chi connectivity index (χ0v) is 10.6. The van der Waals surface area contributed by atoms with E-state index in [4.69, 9.17) is 22.1 Å². The smallest absolute Gasteiger partial charge is 0.219 e. The molecule has 1 heterocycles. The lowest BCUT2D eigenvalue weighted by Gasteiger charge is -2.09. The van der Waals surface area contributed by atoms with Gasteiger partial charge in [-0.2, -0.15) is 0 Å². The minimum absolute atomic E-state index is 0.549. The number of nitrogen functional groups attached to an aromatic ring is 1. The summed E-state index contributed by atoms with van der Waals surface area (Å²) in [5.41, 5.74) is 8.85. The van der Waals surface area contributed by atoms with Gasteiger partial charge < -0.3 is 10.5 Å². The second kappa shape index (κ2) is 4.50. The molecule has 3 rings (SSSR count). The first-order valence-corrected chi connectivity index (χ1v) is 6.32. The summed E-state index contributed by atoms with van der Waals surface area (Å²) in [6.45, 7) is 0. The van der Waals surface area contributed by atoms with E-state index in [0.717, 1.165) is 18.5 Å². The predicted octanol–water partition coefficient (Wildman–Crippen LogP) is 3.60. The molecule has 0 unspecified atom stereocenters. The van der Waals surface area contributed by atoms with E-state index in [-0.39, 0.29) is 0 Å². The standard InChI is InChI=1S/C14H13ClN2O/c15-10-5-6-11(16)13(8-10)18-14-7-4-9-2-1-3-12(9)17-14/h4-8H,1-3,16H2. The zero-order valence-electron chi connectivity index (χ0n) is 9.82. The summed E-state index contributed by atoms with van der Waals surface area (Å²) in [5, 5.41) is 0.598. The first-order chi connectivity index (χ1) is 8.72. The van der Waals surface area contributed by atoms with Crippen LogP contribution in [0.5, 0.6) is 11.6 Å². The maximum atomic E-state index is 5.92. The van der Waals surface area contributed by atoms with Gasteiger partial charge in [-0.1, -0.05) is 17.7 Å². The number of aromatic nitrogens is 1. The van der Waals surface area contributed by atoms with Gasteiger partial charge in [-0.05, 0) is 37.0 Å². The molecule has 0 atom stereocenters. The third-order valence-corrected chi connectivity index (χ3v) is 3.33. The van der Waals surface area contributed by atoms with Crippen molar-refractivity contribution in [1.29, 1.82) is 0 Å². The number of anilines is 1. The number of hydrogen-bond donors (Lipinski definition) is 1. The number of aryl methyl sites for hydroxylation is 2. The predicted molar refractivity (Wildman–Crippen MR) is 72.2 cm³/mol. The third kappa shape index (κ3) is 2.14. The number of nitrogens with zero attached hydrogens (tertiary/aromatic N) is 1. The molecule has 0 saturated carbocycles. The lowest BCUT2D eigenvalue weighted by molar-refractivity contribution is 0.463. The molecule has 4 heteroatoms. The molecule has 1 aromatic heterocycles. The molecule has 92 valence electrons. The van der Waals surface area contributed by atoms with Crippen molar-refractivity contribution in [2.75, 3.05) is 5.73 Å². The largest absolute Gasteiger partial charge is 0.437 e. The molecule has 2 N–H and O–H groups in total. The van der Waals surface area contributed by atoms with Crippen LogP contribution in [-0.2, 0) is 12.8 Å². The van der Waals surface area contributed by atoms with Crippen molar-refractivity contribution in [2.24, 2.45) is 0 Å². The molecule has 0 bridgehead atoms. The van der Waals surface area contributed by atoms with Crippen LogP contribution in [0.15, 0.2) is 30.3 Å². The van der Waals surface area contributed by atoms with E-state index in [1.807, 2.05) is 6.07 Å². The maximum Gasteiger partial charge on any atom is 0.219 e. The van der Waals surface area contributed by atoms with Crippen LogP contribution in [0.2, 0.25) is 5.02 Å².